The highest BCUT2D eigenvalue weighted by atomic mass is 35.5. The topological polar surface area (TPSA) is 234 Å². The number of carbonyl (C=O) groups is 1. The molecule has 0 saturated carbocycles. The van der Waals surface area contributed by atoms with Crippen molar-refractivity contribution in [2.45, 2.75) is 79.4 Å². The van der Waals surface area contributed by atoms with E-state index in [1.54, 1.807) is 26.4 Å². The van der Waals surface area contributed by atoms with Crippen molar-refractivity contribution >= 4 is 65.0 Å². The molecule has 20 heteroatoms. The van der Waals surface area contributed by atoms with Crippen LogP contribution < -0.4 is 4.90 Å². The molecule has 340 valence electrons. The predicted octanol–water partition coefficient (Wildman–Crippen LogP) is 6.20. The largest absolute Gasteiger partial charge is 0.481 e. The third kappa shape index (κ3) is 11.3. The maximum Gasteiger partial charge on any atom is 0.305 e. The summed E-state index contributed by atoms with van der Waals surface area (Å²) in [5.41, 5.74) is 3.83. The van der Waals surface area contributed by atoms with Crippen molar-refractivity contribution in [3.05, 3.63) is 93.7 Å². The van der Waals surface area contributed by atoms with Crippen molar-refractivity contribution in [3.8, 4) is 0 Å². The van der Waals surface area contributed by atoms with Gasteiger partial charge in [0, 0.05) is 66.9 Å². The number of allylic oxidation sites excluding steroid dienone is 8. The van der Waals surface area contributed by atoms with Crippen LogP contribution in [0, 0.1) is 0 Å². The number of carboxylic acid groups (broad SMARTS) is 1. The number of hydrogen-bond donors (Lipinski definition) is 4. The molecule has 2 aromatic rings. The van der Waals surface area contributed by atoms with Gasteiger partial charge in [0.25, 0.3) is 30.4 Å². The second-order valence-corrected chi connectivity index (χ2v) is 20.6. The lowest BCUT2D eigenvalue weighted by molar-refractivity contribution is -0.441. The van der Waals surface area contributed by atoms with Crippen LogP contribution in [0.15, 0.2) is 92.4 Å². The van der Waals surface area contributed by atoms with E-state index in [9.17, 15) is 43.7 Å². The Balaban J connectivity index is 1.59. The Labute approximate surface area is 368 Å². The molecule has 2 atom stereocenters. The quantitative estimate of drug-likeness (QED) is 0.0620. The molecule has 2 heterocycles. The van der Waals surface area contributed by atoms with E-state index < -0.39 is 52.9 Å². The number of hydrogen-bond acceptors (Lipinski definition) is 11. The van der Waals surface area contributed by atoms with Crippen LogP contribution in [0.5, 0.6) is 0 Å². The molecule has 2 aliphatic heterocycles. The number of ether oxygens (including phenoxy) is 3. The summed E-state index contributed by atoms with van der Waals surface area (Å²) in [5.74, 6) is -1.51. The molecule has 0 radical (unpaired) electrons. The number of rotatable bonds is 21. The third-order valence-corrected chi connectivity index (χ3v) is 14.7. The second-order valence-electron chi connectivity index (χ2n) is 15.8. The SMILES string of the molecule is COCC[N+]1=C(/C=C/C2=C(Cl)C(=C/C=C3/N(CCOCCC(=O)O)c4ccc(S(=O)(=O)O)cc4C3(C)CCOC)/CCC2)C(C)(CCCS(=O)(=O)O)c2cc(S(=O)(=O)O)ccc21. The van der Waals surface area contributed by atoms with E-state index in [1.807, 2.05) is 47.6 Å². The minimum absolute atomic E-state index is 0.00314. The molecule has 0 bridgehead atoms. The van der Waals surface area contributed by atoms with Crippen molar-refractivity contribution in [2.75, 3.05) is 64.4 Å². The summed E-state index contributed by atoms with van der Waals surface area (Å²) in [4.78, 5) is 12.5. The minimum Gasteiger partial charge on any atom is -0.481 e. The Kier molecular flexibility index (Phi) is 15.9. The zero-order chi connectivity index (χ0) is 45.7. The van der Waals surface area contributed by atoms with Gasteiger partial charge >= 0.3 is 5.97 Å². The fourth-order valence-corrected chi connectivity index (χ4v) is 10.3. The molecule has 2 unspecified atom stereocenters. The average molecular weight is 943 g/mol. The van der Waals surface area contributed by atoms with Crippen molar-refractivity contribution in [3.63, 3.8) is 0 Å². The molecular formula is C42H54ClN2O14S3+. The number of carboxylic acids is 1. The van der Waals surface area contributed by atoms with E-state index in [0.29, 0.717) is 78.8 Å². The number of nitrogens with zero attached hydrogens (tertiary/aromatic N) is 2. The Morgan fingerprint density at radius 3 is 2.13 bits per heavy atom. The van der Waals surface area contributed by atoms with Crippen molar-refractivity contribution in [1.82, 2.24) is 0 Å². The molecule has 3 aliphatic rings. The normalized spacial score (nSPS) is 22.1. The van der Waals surface area contributed by atoms with Gasteiger partial charge in [-0.2, -0.15) is 29.8 Å². The first-order valence-corrected chi connectivity index (χ1v) is 24.8. The smallest absolute Gasteiger partial charge is 0.305 e. The average Bonchev–Trinajstić information content (AvgIpc) is 3.56. The van der Waals surface area contributed by atoms with Crippen LogP contribution >= 0.6 is 11.6 Å². The van der Waals surface area contributed by atoms with E-state index in [2.05, 4.69) is 0 Å². The van der Waals surface area contributed by atoms with E-state index in [0.717, 1.165) is 23.3 Å². The first-order valence-electron chi connectivity index (χ1n) is 19.9. The van der Waals surface area contributed by atoms with E-state index in [4.69, 9.17) is 30.9 Å². The highest BCUT2D eigenvalue weighted by molar-refractivity contribution is 7.86. The van der Waals surface area contributed by atoms with Gasteiger partial charge in [-0.3, -0.25) is 18.5 Å². The standard InChI is InChI=1S/C42H53ClN2O14S3/c1-41(18-6-26-60(48,49)50)33-27-31(61(51,52)53)11-13-35(33)44(20-24-58-4)37(41)15-9-29-7-5-8-30(40(29)43)10-16-38-42(2,19-23-57-3)34-28-32(62(54,55)56)12-14-36(34)45(38)21-25-59-22-17-39(46)47/h9-16,27-28H,5-8,17-26H2,1-4H3,(H3-,46,47,48,49,50,51,52,53,54,55,56)/p+1. The lowest BCUT2D eigenvalue weighted by Crippen LogP contribution is -2.32. The summed E-state index contributed by atoms with van der Waals surface area (Å²) >= 11 is 7.20. The number of halogens is 1. The number of fused-ring (bicyclic) bond motifs is 2. The molecule has 0 amide bonds. The minimum atomic E-state index is -4.59. The Hall–Kier alpha value is -3.76. The number of methoxy groups -OCH3 is 2. The number of benzene rings is 2. The molecule has 16 nitrogen and oxygen atoms in total. The van der Waals surface area contributed by atoms with Gasteiger partial charge in [-0.1, -0.05) is 23.8 Å². The monoisotopic (exact) mass is 941 g/mol. The molecule has 62 heavy (non-hydrogen) atoms. The summed E-state index contributed by atoms with van der Waals surface area (Å²) in [6.45, 7) is 5.22. The zero-order valence-corrected chi connectivity index (χ0v) is 38.2. The van der Waals surface area contributed by atoms with E-state index in [1.165, 1.54) is 24.3 Å². The summed E-state index contributed by atoms with van der Waals surface area (Å²) in [6, 6.07) is 8.69. The van der Waals surface area contributed by atoms with Crippen molar-refractivity contribution in [1.29, 1.82) is 0 Å². The molecule has 2 aromatic carbocycles. The highest BCUT2D eigenvalue weighted by Crippen LogP contribution is 2.51. The van der Waals surface area contributed by atoms with Gasteiger partial charge in [0.2, 0.25) is 5.69 Å². The Morgan fingerprint density at radius 2 is 1.50 bits per heavy atom. The molecule has 5 rings (SSSR count). The van der Waals surface area contributed by atoms with Gasteiger partial charge in [0.15, 0.2) is 12.3 Å². The van der Waals surface area contributed by atoms with Crippen molar-refractivity contribution in [2.24, 2.45) is 0 Å². The van der Waals surface area contributed by atoms with Crippen LogP contribution in [0.25, 0.3) is 0 Å². The highest BCUT2D eigenvalue weighted by Gasteiger charge is 2.48. The van der Waals surface area contributed by atoms with Gasteiger partial charge in [-0.15, -0.1) is 0 Å². The predicted molar refractivity (Wildman–Crippen MR) is 233 cm³/mol. The second kappa shape index (κ2) is 20.0. The van der Waals surface area contributed by atoms with Crippen LogP contribution in [-0.4, -0.2) is 120 Å². The maximum atomic E-state index is 12.3. The van der Waals surface area contributed by atoms with Crippen LogP contribution in [-0.2, 0) is 60.2 Å². The molecule has 0 fully saturated rings. The zero-order valence-electron chi connectivity index (χ0n) is 35.0. The van der Waals surface area contributed by atoms with Crippen LogP contribution in [0.3, 0.4) is 0 Å². The maximum absolute atomic E-state index is 12.3. The third-order valence-electron chi connectivity index (χ3n) is 11.7. The van der Waals surface area contributed by atoms with Gasteiger partial charge in [0.05, 0.1) is 40.6 Å². The van der Waals surface area contributed by atoms with Gasteiger partial charge < -0.3 is 24.2 Å². The van der Waals surface area contributed by atoms with Crippen LogP contribution in [0.4, 0.5) is 11.4 Å². The fraction of sp³-hybridized carbons (Fsp3) is 0.476. The van der Waals surface area contributed by atoms with Crippen molar-refractivity contribution < 1.29 is 67.6 Å². The molecular weight excluding hydrogens is 888 g/mol. The van der Waals surface area contributed by atoms with Gasteiger partial charge in [-0.25, -0.2) is 0 Å². The first-order chi connectivity index (χ1) is 29.0. The number of anilines is 1. The molecule has 0 spiro atoms. The van der Waals surface area contributed by atoms with Gasteiger partial charge in [-0.05, 0) is 105 Å². The molecule has 0 saturated heterocycles. The summed E-state index contributed by atoms with van der Waals surface area (Å²) < 4.78 is 121. The Bertz CT molecular complexity index is 2550. The van der Waals surface area contributed by atoms with Crippen LogP contribution in [0.1, 0.15) is 69.9 Å². The summed E-state index contributed by atoms with van der Waals surface area (Å²) in [5, 5.41) is 9.59. The summed E-state index contributed by atoms with van der Waals surface area (Å²) in [6.07, 6.45) is 10.1. The molecule has 1 aliphatic carbocycles. The molecule has 0 aromatic heterocycles. The first kappa shape index (κ1) is 49.3. The lowest BCUT2D eigenvalue weighted by atomic mass is 9.75. The van der Waals surface area contributed by atoms with E-state index in [-0.39, 0.29) is 42.3 Å². The Morgan fingerprint density at radius 1 is 0.839 bits per heavy atom. The van der Waals surface area contributed by atoms with Gasteiger partial charge in [0.1, 0.15) is 6.61 Å². The molecule has 4 N–H and O–H groups in total. The number of aliphatic carboxylic acids is 1. The van der Waals surface area contributed by atoms with E-state index >= 15 is 0 Å². The lowest BCUT2D eigenvalue weighted by Gasteiger charge is -2.30. The fourth-order valence-electron chi connectivity index (χ4n) is 8.47. The summed E-state index contributed by atoms with van der Waals surface area (Å²) in [7, 11) is -10.3. The van der Waals surface area contributed by atoms with Crippen LogP contribution in [0.2, 0.25) is 0 Å².